The topological polar surface area (TPSA) is 57.7 Å². The van der Waals surface area contributed by atoms with E-state index in [-0.39, 0.29) is 17.6 Å². The van der Waals surface area contributed by atoms with E-state index in [0.29, 0.717) is 16.3 Å². The highest BCUT2D eigenvalue weighted by atomic mass is 79.9. The van der Waals surface area contributed by atoms with Crippen molar-refractivity contribution in [3.8, 4) is 0 Å². The SMILES string of the molecule is O=C(c1ccc(Br)cc1)[C@@H]1[C@@H]2C(=O)N(c3ccc(Br)cc3)C(=O)[C@@H]2[C@H]2C=Cc3ccc(Cl)cc3N21. The van der Waals surface area contributed by atoms with Gasteiger partial charge in [0, 0.05) is 25.2 Å². The first-order chi connectivity index (χ1) is 16.8. The van der Waals surface area contributed by atoms with Gasteiger partial charge in [-0.25, -0.2) is 4.90 Å². The second-order valence-electron chi connectivity index (χ2n) is 8.82. The predicted octanol–water partition coefficient (Wildman–Crippen LogP) is 6.14. The number of anilines is 2. The normalized spacial score (nSPS) is 24.4. The Balaban J connectivity index is 1.50. The number of imide groups is 1. The van der Waals surface area contributed by atoms with Gasteiger partial charge in [-0.2, -0.15) is 0 Å². The van der Waals surface area contributed by atoms with Gasteiger partial charge < -0.3 is 4.90 Å². The molecule has 2 amide bonds. The van der Waals surface area contributed by atoms with Crippen LogP contribution >= 0.6 is 43.5 Å². The molecule has 2 saturated heterocycles. The average Bonchev–Trinajstić information content (AvgIpc) is 3.33. The third-order valence-electron chi connectivity index (χ3n) is 6.95. The maximum absolute atomic E-state index is 14.0. The molecule has 5 nitrogen and oxygen atoms in total. The maximum atomic E-state index is 14.0. The van der Waals surface area contributed by atoms with E-state index in [9.17, 15) is 14.4 Å². The number of hydrogen-bond donors (Lipinski definition) is 0. The number of halogens is 3. The fraction of sp³-hybridized carbons (Fsp3) is 0.148. The zero-order chi connectivity index (χ0) is 24.4. The van der Waals surface area contributed by atoms with Crippen molar-refractivity contribution in [2.24, 2.45) is 11.8 Å². The molecule has 174 valence electrons. The second kappa shape index (κ2) is 8.43. The van der Waals surface area contributed by atoms with Gasteiger partial charge in [0.15, 0.2) is 5.78 Å². The summed E-state index contributed by atoms with van der Waals surface area (Å²) in [5.41, 5.74) is 2.63. The van der Waals surface area contributed by atoms with Crippen LogP contribution in [0, 0.1) is 11.8 Å². The number of carbonyl (C=O) groups is 3. The summed E-state index contributed by atoms with van der Waals surface area (Å²) in [6.45, 7) is 0. The van der Waals surface area contributed by atoms with Crippen molar-refractivity contribution in [2.75, 3.05) is 9.80 Å². The molecule has 0 saturated carbocycles. The van der Waals surface area contributed by atoms with Crippen LogP contribution < -0.4 is 9.80 Å². The van der Waals surface area contributed by atoms with Crippen molar-refractivity contribution in [3.63, 3.8) is 0 Å². The molecule has 0 aromatic heterocycles. The van der Waals surface area contributed by atoms with Crippen LogP contribution in [0.3, 0.4) is 0 Å². The second-order valence-corrected chi connectivity index (χ2v) is 11.1. The molecule has 2 fully saturated rings. The van der Waals surface area contributed by atoms with E-state index in [4.69, 9.17) is 11.6 Å². The van der Waals surface area contributed by atoms with Gasteiger partial charge in [0.1, 0.15) is 6.04 Å². The Morgan fingerprint density at radius 2 is 1.46 bits per heavy atom. The summed E-state index contributed by atoms with van der Waals surface area (Å²) in [7, 11) is 0. The molecule has 0 bridgehead atoms. The number of Topliss-reactive ketones (excluding diaryl/α,β-unsaturated/α-hetero) is 1. The lowest BCUT2D eigenvalue weighted by Gasteiger charge is -2.36. The number of benzene rings is 3. The van der Waals surface area contributed by atoms with Gasteiger partial charge in [-0.3, -0.25) is 14.4 Å². The molecule has 0 radical (unpaired) electrons. The van der Waals surface area contributed by atoms with Crippen LogP contribution in [0.1, 0.15) is 15.9 Å². The largest absolute Gasteiger partial charge is 0.352 e. The molecular formula is C27H17Br2ClN2O3. The zero-order valence-electron chi connectivity index (χ0n) is 18.1. The Morgan fingerprint density at radius 3 is 2.14 bits per heavy atom. The Hall–Kier alpha value is -2.74. The minimum Gasteiger partial charge on any atom is -0.352 e. The van der Waals surface area contributed by atoms with Gasteiger partial charge in [0.2, 0.25) is 11.8 Å². The van der Waals surface area contributed by atoms with Crippen LogP contribution in [0.2, 0.25) is 5.02 Å². The molecule has 8 heteroatoms. The third-order valence-corrected chi connectivity index (χ3v) is 8.25. The van der Waals surface area contributed by atoms with Gasteiger partial charge in [-0.15, -0.1) is 0 Å². The Morgan fingerprint density at radius 1 is 0.829 bits per heavy atom. The number of nitrogens with zero attached hydrogens (tertiary/aromatic N) is 2. The summed E-state index contributed by atoms with van der Waals surface area (Å²) in [5.74, 6) is -2.35. The van der Waals surface area contributed by atoms with Crippen LogP contribution in [-0.2, 0) is 9.59 Å². The van der Waals surface area contributed by atoms with E-state index in [1.165, 1.54) is 4.90 Å². The van der Waals surface area contributed by atoms with Crippen molar-refractivity contribution < 1.29 is 14.4 Å². The summed E-state index contributed by atoms with van der Waals surface area (Å²) in [6, 6.07) is 18.3. The molecule has 3 aromatic rings. The quantitative estimate of drug-likeness (QED) is 0.264. The molecular weight excluding hydrogens is 596 g/mol. The first-order valence-corrected chi connectivity index (χ1v) is 13.0. The highest BCUT2D eigenvalue weighted by molar-refractivity contribution is 9.10. The van der Waals surface area contributed by atoms with Crippen LogP contribution in [0.25, 0.3) is 6.08 Å². The number of hydrogen-bond acceptors (Lipinski definition) is 4. The van der Waals surface area contributed by atoms with Crippen molar-refractivity contribution >= 4 is 78.5 Å². The van der Waals surface area contributed by atoms with Crippen LogP contribution in [-0.4, -0.2) is 29.7 Å². The first kappa shape index (κ1) is 22.7. The molecule has 3 heterocycles. The minimum atomic E-state index is -0.842. The fourth-order valence-corrected chi connectivity index (χ4v) is 6.16. The molecule has 4 atom stereocenters. The van der Waals surface area contributed by atoms with Crippen LogP contribution in [0.15, 0.2) is 81.8 Å². The number of ketones is 1. The van der Waals surface area contributed by atoms with E-state index in [0.717, 1.165) is 20.2 Å². The van der Waals surface area contributed by atoms with Crippen molar-refractivity contribution in [2.45, 2.75) is 12.1 Å². The summed E-state index contributed by atoms with van der Waals surface area (Å²) in [5, 5.41) is 0.527. The van der Waals surface area contributed by atoms with Crippen molar-refractivity contribution in [1.82, 2.24) is 0 Å². The number of rotatable bonds is 3. The standard InChI is InChI=1S/C27H17Br2ClN2O3/c28-16-5-1-15(2-6-16)25(33)24-23-22(20-12-4-14-3-9-18(30)13-21(14)32(20)24)26(34)31(27(23)35)19-10-7-17(29)8-11-19/h1-13,20,22-24H/t20-,22-,23-,24+/m1/s1. The lowest BCUT2D eigenvalue weighted by Crippen LogP contribution is -2.48. The van der Waals surface area contributed by atoms with Gasteiger partial charge in [0.05, 0.1) is 23.6 Å². The maximum Gasteiger partial charge on any atom is 0.240 e. The van der Waals surface area contributed by atoms with Gasteiger partial charge in [0.25, 0.3) is 0 Å². The molecule has 6 rings (SSSR count). The number of fused-ring (bicyclic) bond motifs is 5. The first-order valence-electron chi connectivity index (χ1n) is 11.0. The van der Waals surface area contributed by atoms with Crippen molar-refractivity contribution in [3.05, 3.63) is 97.9 Å². The van der Waals surface area contributed by atoms with Gasteiger partial charge in [-0.1, -0.05) is 73.8 Å². The minimum absolute atomic E-state index is 0.199. The van der Waals surface area contributed by atoms with E-state index >= 15 is 0 Å². The van der Waals surface area contributed by atoms with Crippen LogP contribution in [0.4, 0.5) is 11.4 Å². The Bertz CT molecular complexity index is 1420. The molecule has 3 aromatic carbocycles. The molecule has 0 spiro atoms. The van der Waals surface area contributed by atoms with Crippen LogP contribution in [0.5, 0.6) is 0 Å². The fourth-order valence-electron chi connectivity index (χ4n) is 5.46. The Labute approximate surface area is 223 Å². The summed E-state index contributed by atoms with van der Waals surface area (Å²) < 4.78 is 1.70. The smallest absolute Gasteiger partial charge is 0.240 e. The van der Waals surface area contributed by atoms with E-state index in [1.54, 1.807) is 60.7 Å². The number of amides is 2. The predicted molar refractivity (Wildman–Crippen MR) is 143 cm³/mol. The summed E-state index contributed by atoms with van der Waals surface area (Å²) in [6.07, 6.45) is 3.87. The molecule has 3 aliphatic rings. The molecule has 0 N–H and O–H groups in total. The Kier molecular flexibility index (Phi) is 5.47. The summed E-state index contributed by atoms with van der Waals surface area (Å²) >= 11 is 13.1. The highest BCUT2D eigenvalue weighted by Gasteiger charge is 2.64. The number of carbonyl (C=O) groups excluding carboxylic acids is 3. The molecule has 3 aliphatic heterocycles. The van der Waals surface area contributed by atoms with Gasteiger partial charge >= 0.3 is 0 Å². The van der Waals surface area contributed by atoms with Crippen molar-refractivity contribution in [1.29, 1.82) is 0 Å². The average molecular weight is 613 g/mol. The van der Waals surface area contributed by atoms with E-state index in [1.807, 2.05) is 23.1 Å². The van der Waals surface area contributed by atoms with E-state index in [2.05, 4.69) is 31.9 Å². The third kappa shape index (κ3) is 3.51. The van der Waals surface area contributed by atoms with E-state index < -0.39 is 23.9 Å². The van der Waals surface area contributed by atoms with Gasteiger partial charge in [-0.05, 0) is 54.1 Å². The lowest BCUT2D eigenvalue weighted by molar-refractivity contribution is -0.122. The highest BCUT2D eigenvalue weighted by Crippen LogP contribution is 2.50. The molecule has 35 heavy (non-hydrogen) atoms. The molecule has 0 aliphatic carbocycles. The summed E-state index contributed by atoms with van der Waals surface area (Å²) in [4.78, 5) is 44.8. The molecule has 0 unspecified atom stereocenters. The monoisotopic (exact) mass is 610 g/mol. The lowest BCUT2D eigenvalue weighted by atomic mass is 9.86. The zero-order valence-corrected chi connectivity index (χ0v) is 22.0.